The standard InChI is InChI=1S/C14H18N2O4/c1-14(2)7-4-8-15(12(14)13(17)18)10-5-3-6-11(9-10)16(19)20/h3,5-6,9,12H,4,7-8H2,1-2H3,(H,17,18). The number of benzene rings is 1. The van der Waals surface area contributed by atoms with E-state index < -0.39 is 16.9 Å². The van der Waals surface area contributed by atoms with Gasteiger partial charge in [0, 0.05) is 24.4 Å². The first-order valence-corrected chi connectivity index (χ1v) is 6.57. The van der Waals surface area contributed by atoms with Crippen LogP contribution in [0, 0.1) is 15.5 Å². The molecule has 6 heteroatoms. The number of carbonyl (C=O) groups is 1. The Balaban J connectivity index is 2.41. The Morgan fingerprint density at radius 1 is 1.50 bits per heavy atom. The minimum atomic E-state index is -0.888. The van der Waals surface area contributed by atoms with Gasteiger partial charge < -0.3 is 10.0 Å². The van der Waals surface area contributed by atoms with Crippen molar-refractivity contribution >= 4 is 17.3 Å². The lowest BCUT2D eigenvalue weighted by molar-refractivity contribution is -0.384. The van der Waals surface area contributed by atoms with Gasteiger partial charge in [-0.1, -0.05) is 19.9 Å². The highest BCUT2D eigenvalue weighted by molar-refractivity contribution is 5.80. The first kappa shape index (κ1) is 14.3. The number of carboxylic acids is 1. The van der Waals surface area contributed by atoms with Crippen LogP contribution in [0.5, 0.6) is 0 Å². The normalized spacial score (nSPS) is 21.5. The van der Waals surface area contributed by atoms with E-state index in [0.717, 1.165) is 12.8 Å². The number of nitro benzene ring substituents is 1. The maximum atomic E-state index is 11.6. The zero-order chi connectivity index (χ0) is 14.9. The molecule has 1 atom stereocenters. The van der Waals surface area contributed by atoms with Crippen molar-refractivity contribution in [2.75, 3.05) is 11.4 Å². The van der Waals surface area contributed by atoms with Crippen LogP contribution in [-0.4, -0.2) is 28.6 Å². The third-order valence-corrected chi connectivity index (χ3v) is 3.88. The summed E-state index contributed by atoms with van der Waals surface area (Å²) in [5.74, 6) is -0.888. The van der Waals surface area contributed by atoms with Gasteiger partial charge in [0.25, 0.3) is 5.69 Å². The summed E-state index contributed by atoms with van der Waals surface area (Å²) in [4.78, 5) is 23.7. The van der Waals surface area contributed by atoms with Gasteiger partial charge in [-0.15, -0.1) is 0 Å². The van der Waals surface area contributed by atoms with Crippen molar-refractivity contribution in [3.05, 3.63) is 34.4 Å². The van der Waals surface area contributed by atoms with Crippen molar-refractivity contribution in [2.24, 2.45) is 5.41 Å². The van der Waals surface area contributed by atoms with Crippen LogP contribution in [0.25, 0.3) is 0 Å². The number of nitro groups is 1. The van der Waals surface area contributed by atoms with Gasteiger partial charge in [-0.05, 0) is 24.3 Å². The van der Waals surface area contributed by atoms with Crippen molar-refractivity contribution in [2.45, 2.75) is 32.7 Å². The molecule has 0 spiro atoms. The van der Waals surface area contributed by atoms with Gasteiger partial charge >= 0.3 is 5.97 Å². The molecular formula is C14H18N2O4. The quantitative estimate of drug-likeness (QED) is 0.678. The lowest BCUT2D eigenvalue weighted by Crippen LogP contribution is -2.54. The number of rotatable bonds is 3. The molecule has 108 valence electrons. The summed E-state index contributed by atoms with van der Waals surface area (Å²) in [7, 11) is 0. The monoisotopic (exact) mass is 278 g/mol. The SMILES string of the molecule is CC1(C)CCCN(c2cccc([N+](=O)[O-])c2)C1C(=O)O. The van der Waals surface area contributed by atoms with Crippen LogP contribution in [0.15, 0.2) is 24.3 Å². The third-order valence-electron chi connectivity index (χ3n) is 3.88. The molecule has 6 nitrogen and oxygen atoms in total. The summed E-state index contributed by atoms with van der Waals surface area (Å²) in [6.45, 7) is 4.45. The van der Waals surface area contributed by atoms with Crippen LogP contribution in [0.2, 0.25) is 0 Å². The number of aliphatic carboxylic acids is 1. The average molecular weight is 278 g/mol. The molecule has 1 heterocycles. The van der Waals surface area contributed by atoms with Crippen molar-refractivity contribution in [1.29, 1.82) is 0 Å². The summed E-state index contributed by atoms with van der Waals surface area (Å²) in [6, 6.07) is 5.50. The summed E-state index contributed by atoms with van der Waals surface area (Å²) in [5, 5.41) is 20.4. The number of carboxylic acid groups (broad SMARTS) is 1. The predicted octanol–water partition coefficient (Wildman–Crippen LogP) is 2.67. The second kappa shape index (κ2) is 5.11. The maximum Gasteiger partial charge on any atom is 0.326 e. The largest absolute Gasteiger partial charge is 0.480 e. The molecule has 1 aromatic rings. The topological polar surface area (TPSA) is 83.7 Å². The van der Waals surface area contributed by atoms with E-state index in [1.54, 1.807) is 17.0 Å². The number of anilines is 1. The maximum absolute atomic E-state index is 11.6. The van der Waals surface area contributed by atoms with Gasteiger partial charge in [0.15, 0.2) is 0 Å². The van der Waals surface area contributed by atoms with Gasteiger partial charge in [-0.3, -0.25) is 10.1 Å². The summed E-state index contributed by atoms with van der Waals surface area (Å²) in [5.41, 5.74) is 0.212. The molecule has 0 radical (unpaired) electrons. The highest BCUT2D eigenvalue weighted by Crippen LogP contribution is 2.38. The van der Waals surface area contributed by atoms with Crippen LogP contribution in [0.4, 0.5) is 11.4 Å². The Morgan fingerprint density at radius 2 is 2.20 bits per heavy atom. The molecule has 0 amide bonds. The van der Waals surface area contributed by atoms with Crippen LogP contribution in [0.1, 0.15) is 26.7 Å². The molecule has 1 aliphatic heterocycles. The zero-order valence-corrected chi connectivity index (χ0v) is 11.6. The molecule has 1 saturated heterocycles. The van der Waals surface area contributed by atoms with E-state index in [-0.39, 0.29) is 11.1 Å². The van der Waals surface area contributed by atoms with Crippen molar-refractivity contribution in [1.82, 2.24) is 0 Å². The number of piperidine rings is 1. The minimum Gasteiger partial charge on any atom is -0.480 e. The Kier molecular flexibility index (Phi) is 3.65. The summed E-state index contributed by atoms with van der Waals surface area (Å²) in [6.07, 6.45) is 1.70. The van der Waals surface area contributed by atoms with Gasteiger partial charge in [0.05, 0.1) is 4.92 Å². The molecule has 0 saturated carbocycles. The Bertz CT molecular complexity index is 542. The second-order valence-electron chi connectivity index (χ2n) is 5.80. The summed E-state index contributed by atoms with van der Waals surface area (Å²) < 4.78 is 0. The smallest absolute Gasteiger partial charge is 0.326 e. The van der Waals surface area contributed by atoms with Crippen molar-refractivity contribution in [3.8, 4) is 0 Å². The molecule has 0 aliphatic carbocycles. The number of nitrogens with zero attached hydrogens (tertiary/aromatic N) is 2. The van der Waals surface area contributed by atoms with E-state index in [4.69, 9.17) is 0 Å². The Hall–Kier alpha value is -2.11. The van der Waals surface area contributed by atoms with Gasteiger partial charge in [-0.2, -0.15) is 0 Å². The molecule has 20 heavy (non-hydrogen) atoms. The highest BCUT2D eigenvalue weighted by atomic mass is 16.6. The number of hydrogen-bond donors (Lipinski definition) is 1. The fraction of sp³-hybridized carbons (Fsp3) is 0.500. The molecule has 0 aromatic heterocycles. The minimum absolute atomic E-state index is 0.0185. The van der Waals surface area contributed by atoms with E-state index in [9.17, 15) is 20.0 Å². The van der Waals surface area contributed by atoms with Crippen LogP contribution >= 0.6 is 0 Å². The lowest BCUT2D eigenvalue weighted by atomic mass is 9.76. The van der Waals surface area contributed by atoms with E-state index in [1.807, 2.05) is 13.8 Å². The first-order chi connectivity index (χ1) is 9.33. The summed E-state index contributed by atoms with van der Waals surface area (Å²) >= 11 is 0. The molecule has 1 N–H and O–H groups in total. The average Bonchev–Trinajstić information content (AvgIpc) is 2.36. The predicted molar refractivity (Wildman–Crippen MR) is 74.9 cm³/mol. The second-order valence-corrected chi connectivity index (χ2v) is 5.80. The Labute approximate surface area is 117 Å². The van der Waals surface area contributed by atoms with E-state index in [1.165, 1.54) is 12.1 Å². The van der Waals surface area contributed by atoms with Gasteiger partial charge in [0.1, 0.15) is 6.04 Å². The first-order valence-electron chi connectivity index (χ1n) is 6.57. The van der Waals surface area contributed by atoms with Gasteiger partial charge in [0.2, 0.25) is 0 Å². The van der Waals surface area contributed by atoms with E-state index in [2.05, 4.69) is 0 Å². The van der Waals surface area contributed by atoms with Crippen LogP contribution in [-0.2, 0) is 4.79 Å². The molecular weight excluding hydrogens is 260 g/mol. The fourth-order valence-electron chi connectivity index (χ4n) is 2.92. The van der Waals surface area contributed by atoms with Crippen molar-refractivity contribution < 1.29 is 14.8 Å². The van der Waals surface area contributed by atoms with E-state index >= 15 is 0 Å². The number of hydrogen-bond acceptors (Lipinski definition) is 4. The Morgan fingerprint density at radius 3 is 2.80 bits per heavy atom. The molecule has 1 fully saturated rings. The van der Waals surface area contributed by atoms with Crippen molar-refractivity contribution in [3.63, 3.8) is 0 Å². The van der Waals surface area contributed by atoms with Crippen LogP contribution in [0.3, 0.4) is 0 Å². The van der Waals surface area contributed by atoms with Crippen LogP contribution < -0.4 is 4.90 Å². The fourth-order valence-corrected chi connectivity index (χ4v) is 2.92. The zero-order valence-electron chi connectivity index (χ0n) is 11.6. The number of non-ortho nitro benzene ring substituents is 1. The van der Waals surface area contributed by atoms with Gasteiger partial charge in [-0.25, -0.2) is 4.79 Å². The van der Waals surface area contributed by atoms with E-state index in [0.29, 0.717) is 12.2 Å². The highest BCUT2D eigenvalue weighted by Gasteiger charge is 2.42. The molecule has 1 aliphatic rings. The lowest BCUT2D eigenvalue weighted by Gasteiger charge is -2.45. The molecule has 1 unspecified atom stereocenters. The third kappa shape index (κ3) is 2.59. The molecule has 1 aromatic carbocycles. The molecule has 0 bridgehead atoms. The molecule has 2 rings (SSSR count).